The summed E-state index contributed by atoms with van der Waals surface area (Å²) in [7, 11) is 0. The lowest BCUT2D eigenvalue weighted by Crippen LogP contribution is -2.83. The van der Waals surface area contributed by atoms with E-state index in [0.717, 1.165) is 5.71 Å². The molecular formula is C10H13N2O+. The number of amides is 1. The molecular weight excluding hydrogens is 164 g/mol. The Hall–Kier alpha value is -1.64. The van der Waals surface area contributed by atoms with Crippen molar-refractivity contribution in [2.45, 2.75) is 13.8 Å². The van der Waals surface area contributed by atoms with Crippen LogP contribution in [0.4, 0.5) is 0 Å². The second kappa shape index (κ2) is 4.40. The molecule has 0 unspecified atom stereocenters. The van der Waals surface area contributed by atoms with Gasteiger partial charge in [0.05, 0.1) is 0 Å². The van der Waals surface area contributed by atoms with Crippen molar-refractivity contribution >= 4 is 11.6 Å². The maximum atomic E-state index is 11.4. The second-order valence-electron chi connectivity index (χ2n) is 2.95. The molecule has 0 radical (unpaired) electrons. The number of nitrogens with one attached hydrogen (secondary N) is 2. The SMILES string of the molecule is CC(C)=[NH+]NC(=O)c1ccccc1. The lowest BCUT2D eigenvalue weighted by molar-refractivity contribution is -0.509. The zero-order chi connectivity index (χ0) is 9.68. The van der Waals surface area contributed by atoms with Crippen LogP contribution in [0.15, 0.2) is 30.3 Å². The van der Waals surface area contributed by atoms with E-state index in [1.807, 2.05) is 32.0 Å². The van der Waals surface area contributed by atoms with E-state index < -0.39 is 0 Å². The molecule has 2 N–H and O–H groups in total. The normalized spacial score (nSPS) is 9.08. The third-order valence-electron chi connectivity index (χ3n) is 1.46. The zero-order valence-electron chi connectivity index (χ0n) is 7.79. The first-order chi connectivity index (χ1) is 6.20. The van der Waals surface area contributed by atoms with Gasteiger partial charge in [-0.25, -0.2) is 0 Å². The van der Waals surface area contributed by atoms with Gasteiger partial charge < -0.3 is 0 Å². The molecule has 1 amide bonds. The number of carbonyl (C=O) groups is 1. The van der Waals surface area contributed by atoms with E-state index >= 15 is 0 Å². The fraction of sp³-hybridized carbons (Fsp3) is 0.200. The van der Waals surface area contributed by atoms with Gasteiger partial charge in [-0.1, -0.05) is 18.2 Å². The Kier molecular flexibility index (Phi) is 3.20. The third-order valence-corrected chi connectivity index (χ3v) is 1.46. The quantitative estimate of drug-likeness (QED) is 0.480. The molecule has 13 heavy (non-hydrogen) atoms. The largest absolute Gasteiger partial charge is 0.304 e. The number of hydrogen-bond acceptors (Lipinski definition) is 1. The maximum absolute atomic E-state index is 11.4. The Balaban J connectivity index is 2.65. The molecule has 1 rings (SSSR count). The average Bonchev–Trinajstić information content (AvgIpc) is 2.15. The van der Waals surface area contributed by atoms with Crippen LogP contribution in [0.25, 0.3) is 0 Å². The van der Waals surface area contributed by atoms with Crippen molar-refractivity contribution in [3.63, 3.8) is 0 Å². The van der Waals surface area contributed by atoms with Gasteiger partial charge in [0, 0.05) is 19.4 Å². The van der Waals surface area contributed by atoms with Crippen molar-refractivity contribution < 1.29 is 9.90 Å². The molecule has 0 aliphatic heterocycles. The Morgan fingerprint density at radius 2 is 1.85 bits per heavy atom. The van der Waals surface area contributed by atoms with E-state index in [2.05, 4.69) is 10.5 Å². The van der Waals surface area contributed by atoms with Crippen LogP contribution in [0.2, 0.25) is 0 Å². The predicted octanol–water partition coefficient (Wildman–Crippen LogP) is -0.107. The van der Waals surface area contributed by atoms with Crippen LogP contribution in [0, 0.1) is 0 Å². The molecule has 0 heterocycles. The van der Waals surface area contributed by atoms with Gasteiger partial charge >= 0.3 is 5.91 Å². The standard InChI is InChI=1S/C10H12N2O/c1-8(2)11-12-10(13)9-6-4-3-5-7-9/h3-7H,1-2H3,(H,12,13)/p+1. The molecule has 0 bridgehead atoms. The van der Waals surface area contributed by atoms with Crippen LogP contribution >= 0.6 is 0 Å². The summed E-state index contributed by atoms with van der Waals surface area (Å²) in [5, 5.41) is 2.76. The fourth-order valence-electron chi connectivity index (χ4n) is 0.843. The zero-order valence-corrected chi connectivity index (χ0v) is 7.79. The topological polar surface area (TPSA) is 43.1 Å². The minimum absolute atomic E-state index is 0.123. The van der Waals surface area contributed by atoms with Gasteiger partial charge in [-0.15, -0.1) is 10.5 Å². The van der Waals surface area contributed by atoms with Crippen LogP contribution in [-0.4, -0.2) is 11.6 Å². The number of hydrogen-bond donors (Lipinski definition) is 2. The summed E-state index contributed by atoms with van der Waals surface area (Å²) in [4.78, 5) is 11.4. The molecule has 0 spiro atoms. The molecule has 1 aromatic rings. The molecule has 1 aromatic carbocycles. The molecule has 0 aliphatic rings. The molecule has 0 saturated carbocycles. The summed E-state index contributed by atoms with van der Waals surface area (Å²) in [6.07, 6.45) is 0. The number of hydrazone groups is 1. The second-order valence-corrected chi connectivity index (χ2v) is 2.95. The fourth-order valence-corrected chi connectivity index (χ4v) is 0.843. The van der Waals surface area contributed by atoms with E-state index in [1.54, 1.807) is 12.1 Å². The number of rotatable bonds is 2. The molecule has 0 aliphatic carbocycles. The Morgan fingerprint density at radius 1 is 1.23 bits per heavy atom. The Labute approximate surface area is 77.5 Å². The highest BCUT2D eigenvalue weighted by Gasteiger charge is 2.04. The van der Waals surface area contributed by atoms with Gasteiger partial charge in [0.1, 0.15) is 0 Å². The first-order valence-corrected chi connectivity index (χ1v) is 4.11. The van der Waals surface area contributed by atoms with Gasteiger partial charge in [0.15, 0.2) is 5.71 Å². The van der Waals surface area contributed by atoms with Crippen LogP contribution in [-0.2, 0) is 0 Å². The number of benzene rings is 1. The summed E-state index contributed by atoms with van der Waals surface area (Å²) < 4.78 is 0. The van der Waals surface area contributed by atoms with E-state index in [1.165, 1.54) is 0 Å². The lowest BCUT2D eigenvalue weighted by Gasteiger charge is -1.94. The molecule has 0 fully saturated rings. The van der Waals surface area contributed by atoms with E-state index in [9.17, 15) is 4.79 Å². The lowest BCUT2D eigenvalue weighted by atomic mass is 10.2. The average molecular weight is 177 g/mol. The van der Waals surface area contributed by atoms with Crippen molar-refractivity contribution in [2.24, 2.45) is 0 Å². The Bertz CT molecular complexity index is 313. The summed E-state index contributed by atoms with van der Waals surface area (Å²) in [6, 6.07) is 9.07. The molecule has 0 aromatic heterocycles. The van der Waals surface area contributed by atoms with E-state index in [0.29, 0.717) is 5.56 Å². The van der Waals surface area contributed by atoms with E-state index in [4.69, 9.17) is 0 Å². The first-order valence-electron chi connectivity index (χ1n) is 4.11. The highest BCUT2D eigenvalue weighted by Crippen LogP contribution is 1.95. The van der Waals surface area contributed by atoms with Gasteiger partial charge in [-0.05, 0) is 12.1 Å². The number of hydrazine groups is 1. The molecule has 3 heteroatoms. The van der Waals surface area contributed by atoms with Crippen molar-refractivity contribution in [2.75, 3.05) is 0 Å². The summed E-state index contributed by atoms with van der Waals surface area (Å²) in [5.74, 6) is -0.123. The molecule has 68 valence electrons. The highest BCUT2D eigenvalue weighted by atomic mass is 16.2. The van der Waals surface area contributed by atoms with Crippen LogP contribution in [0.3, 0.4) is 0 Å². The Morgan fingerprint density at radius 3 is 2.38 bits per heavy atom. The van der Waals surface area contributed by atoms with Gasteiger partial charge in [0.2, 0.25) is 0 Å². The van der Waals surface area contributed by atoms with Crippen LogP contribution in [0.1, 0.15) is 24.2 Å². The summed E-state index contributed by atoms with van der Waals surface area (Å²) >= 11 is 0. The smallest absolute Gasteiger partial charge is 0.264 e. The summed E-state index contributed by atoms with van der Waals surface area (Å²) in [6.45, 7) is 3.76. The molecule has 3 nitrogen and oxygen atoms in total. The minimum Gasteiger partial charge on any atom is -0.264 e. The van der Waals surface area contributed by atoms with Crippen LogP contribution in [0.5, 0.6) is 0 Å². The van der Waals surface area contributed by atoms with Crippen molar-refractivity contribution in [1.29, 1.82) is 0 Å². The van der Waals surface area contributed by atoms with Gasteiger partial charge in [-0.2, -0.15) is 0 Å². The first kappa shape index (κ1) is 9.45. The molecule has 0 atom stereocenters. The van der Waals surface area contributed by atoms with Crippen molar-refractivity contribution in [1.82, 2.24) is 5.43 Å². The number of carbonyl (C=O) groups excluding carboxylic acids is 1. The van der Waals surface area contributed by atoms with Crippen LogP contribution < -0.4 is 10.5 Å². The van der Waals surface area contributed by atoms with Crippen molar-refractivity contribution in [3.05, 3.63) is 35.9 Å². The summed E-state index contributed by atoms with van der Waals surface area (Å²) in [5.41, 5.74) is 4.17. The van der Waals surface area contributed by atoms with Crippen molar-refractivity contribution in [3.8, 4) is 0 Å². The maximum Gasteiger partial charge on any atom is 0.304 e. The van der Waals surface area contributed by atoms with Gasteiger partial charge in [0.25, 0.3) is 0 Å². The van der Waals surface area contributed by atoms with E-state index in [-0.39, 0.29) is 5.91 Å². The van der Waals surface area contributed by atoms with Gasteiger partial charge in [-0.3, -0.25) is 4.79 Å². The molecule has 0 saturated heterocycles. The predicted molar refractivity (Wildman–Crippen MR) is 51.2 cm³/mol. The third kappa shape index (κ3) is 3.07. The highest BCUT2D eigenvalue weighted by molar-refractivity contribution is 5.93. The minimum atomic E-state index is -0.123. The monoisotopic (exact) mass is 177 g/mol.